The van der Waals surface area contributed by atoms with Gasteiger partial charge in [-0.15, -0.1) is 11.6 Å². The highest BCUT2D eigenvalue weighted by Crippen LogP contribution is 2.47. The molecule has 31 heavy (non-hydrogen) atoms. The lowest BCUT2D eigenvalue weighted by Crippen LogP contribution is -2.71. The van der Waals surface area contributed by atoms with Crippen LogP contribution in [0.5, 0.6) is 0 Å². The quantitative estimate of drug-likeness (QED) is 0.453. The summed E-state index contributed by atoms with van der Waals surface area (Å²) >= 11 is 5.90. The van der Waals surface area contributed by atoms with Crippen LogP contribution in [0.15, 0.2) is 0 Å². The van der Waals surface area contributed by atoms with Gasteiger partial charge in [0.15, 0.2) is 0 Å². The summed E-state index contributed by atoms with van der Waals surface area (Å²) in [6, 6.07) is -0.182. The van der Waals surface area contributed by atoms with Crippen molar-refractivity contribution in [1.82, 2.24) is 16.0 Å². The highest BCUT2D eigenvalue weighted by molar-refractivity contribution is 6.21. The van der Waals surface area contributed by atoms with Gasteiger partial charge in [0.2, 0.25) is 11.8 Å². The second kappa shape index (κ2) is 9.49. The maximum atomic E-state index is 13.8. The molecule has 2 bridgehead atoms. The number of carbonyl (C=O) groups excluding carboxylic acids is 2. The number of piperidine rings is 1. The predicted octanol–water partition coefficient (Wildman–Crippen LogP) is 1.69. The van der Waals surface area contributed by atoms with Crippen LogP contribution in [-0.4, -0.2) is 70.9 Å². The van der Waals surface area contributed by atoms with Gasteiger partial charge in [0.05, 0.1) is 29.2 Å². The maximum Gasteiger partial charge on any atom is 0.246 e. The van der Waals surface area contributed by atoms with Crippen LogP contribution in [0.3, 0.4) is 0 Å². The van der Waals surface area contributed by atoms with Crippen molar-refractivity contribution in [2.24, 2.45) is 0 Å². The molecular weight excluding hydrogens is 425 g/mol. The molecule has 176 valence electrons. The number of carbonyl (C=O) groups is 2. The fraction of sp³-hybridized carbons (Fsp3) is 0.909. The van der Waals surface area contributed by atoms with Gasteiger partial charge >= 0.3 is 0 Å². The van der Waals surface area contributed by atoms with Crippen molar-refractivity contribution in [1.29, 1.82) is 0 Å². The largest absolute Gasteiger partial charge is 0.391 e. The second-order valence-corrected chi connectivity index (χ2v) is 10.5. The van der Waals surface area contributed by atoms with Gasteiger partial charge in [-0.05, 0) is 64.3 Å². The summed E-state index contributed by atoms with van der Waals surface area (Å²) in [4.78, 5) is 25.3. The predicted molar refractivity (Wildman–Crippen MR) is 115 cm³/mol. The fourth-order valence-corrected chi connectivity index (χ4v) is 6.02. The Hall–Kier alpha value is -0.960. The molecule has 2 amide bonds. The molecule has 4 aliphatic carbocycles. The Bertz CT molecular complexity index is 667. The zero-order valence-electron chi connectivity index (χ0n) is 18.0. The average Bonchev–Trinajstić information content (AvgIpc) is 2.76. The highest BCUT2D eigenvalue weighted by atomic mass is 35.5. The van der Waals surface area contributed by atoms with Crippen molar-refractivity contribution < 1.29 is 23.8 Å². The third-order valence-electron chi connectivity index (χ3n) is 7.82. The van der Waals surface area contributed by atoms with Crippen LogP contribution >= 0.6 is 11.6 Å². The van der Waals surface area contributed by atoms with Gasteiger partial charge < -0.3 is 25.8 Å². The molecule has 0 aromatic rings. The molecule has 0 radical (unpaired) electrons. The van der Waals surface area contributed by atoms with Crippen LogP contribution in [0, 0.1) is 0 Å². The van der Waals surface area contributed by atoms with Crippen LogP contribution in [0.4, 0.5) is 4.39 Å². The molecule has 0 spiro atoms. The molecule has 5 atom stereocenters. The number of aliphatic hydroxyl groups excluding tert-OH is 1. The number of hydrogen-bond donors (Lipinski definition) is 4. The smallest absolute Gasteiger partial charge is 0.246 e. The van der Waals surface area contributed by atoms with E-state index in [1.54, 1.807) is 0 Å². The van der Waals surface area contributed by atoms with E-state index in [4.69, 9.17) is 16.3 Å². The Morgan fingerprint density at radius 1 is 1.13 bits per heavy atom. The summed E-state index contributed by atoms with van der Waals surface area (Å²) in [6.45, 7) is 0.738. The monoisotopic (exact) mass is 459 g/mol. The third kappa shape index (κ3) is 5.18. The molecule has 4 unspecified atom stereocenters. The Morgan fingerprint density at radius 3 is 2.55 bits per heavy atom. The van der Waals surface area contributed by atoms with E-state index in [1.807, 2.05) is 0 Å². The van der Waals surface area contributed by atoms with Crippen molar-refractivity contribution in [2.45, 2.75) is 112 Å². The number of halogens is 2. The van der Waals surface area contributed by atoms with Gasteiger partial charge in [0.25, 0.3) is 0 Å². The molecule has 4 saturated carbocycles. The lowest BCUT2D eigenvalue weighted by Gasteiger charge is -2.56. The number of amides is 2. The lowest BCUT2D eigenvalue weighted by molar-refractivity contribution is -0.140. The van der Waals surface area contributed by atoms with Crippen LogP contribution in [0.1, 0.15) is 70.6 Å². The maximum absolute atomic E-state index is 13.8. The van der Waals surface area contributed by atoms with Gasteiger partial charge in [0, 0.05) is 12.0 Å². The molecule has 7 nitrogen and oxygen atoms in total. The minimum absolute atomic E-state index is 0.0246. The first-order chi connectivity index (χ1) is 14.8. The normalized spacial score (nSPS) is 42.7. The molecule has 9 heteroatoms. The summed E-state index contributed by atoms with van der Waals surface area (Å²) in [5, 5.41) is 19.9. The van der Waals surface area contributed by atoms with Crippen LogP contribution in [-0.2, 0) is 14.3 Å². The molecular formula is C22H35ClFN3O4. The number of aliphatic hydroxyl groups is 1. The Morgan fingerprint density at radius 2 is 1.90 bits per heavy atom. The minimum Gasteiger partial charge on any atom is -0.391 e. The van der Waals surface area contributed by atoms with E-state index in [0.29, 0.717) is 44.9 Å². The van der Waals surface area contributed by atoms with E-state index in [0.717, 1.165) is 25.8 Å². The van der Waals surface area contributed by atoms with E-state index < -0.39 is 28.7 Å². The van der Waals surface area contributed by atoms with Gasteiger partial charge in [0.1, 0.15) is 12.8 Å². The van der Waals surface area contributed by atoms with Crippen molar-refractivity contribution >= 4 is 23.4 Å². The van der Waals surface area contributed by atoms with Crippen molar-refractivity contribution in [3.63, 3.8) is 0 Å². The first kappa shape index (κ1) is 23.2. The number of ether oxygens (including phenoxy) is 1. The molecule has 1 heterocycles. The zero-order valence-corrected chi connectivity index (χ0v) is 18.8. The Balaban J connectivity index is 1.26. The Kier molecular flexibility index (Phi) is 7.11. The van der Waals surface area contributed by atoms with Crippen LogP contribution in [0.25, 0.3) is 0 Å². The zero-order chi connectivity index (χ0) is 22.1. The van der Waals surface area contributed by atoms with Crippen molar-refractivity contribution in [3.05, 3.63) is 0 Å². The van der Waals surface area contributed by atoms with E-state index >= 15 is 0 Å². The van der Waals surface area contributed by atoms with Gasteiger partial charge in [-0.2, -0.15) is 0 Å². The highest BCUT2D eigenvalue weighted by Gasteiger charge is 2.55. The van der Waals surface area contributed by atoms with E-state index in [1.165, 1.54) is 0 Å². The molecule has 1 saturated heterocycles. The first-order valence-electron chi connectivity index (χ1n) is 11.8. The summed E-state index contributed by atoms with van der Waals surface area (Å²) in [5.41, 5.74) is -1.07. The van der Waals surface area contributed by atoms with Gasteiger partial charge in [-0.1, -0.05) is 6.42 Å². The van der Waals surface area contributed by atoms with Gasteiger partial charge in [-0.25, -0.2) is 4.39 Å². The molecule has 1 aliphatic heterocycles. The average molecular weight is 460 g/mol. The van der Waals surface area contributed by atoms with Crippen molar-refractivity contribution in [2.75, 3.05) is 13.2 Å². The standard InChI is InChI=1S/C22H35ClFN3O4/c23-15-5-4-14(11-16(15)24)31-13-19(29)26-21-6-8-22(9-7-21,18(28)12-21)27-20(30)17-3-1-2-10-25-17/h14-18,25,28H,1-13H2,(H,26,29)(H,27,30)/t14?,15?,16?,17?,18-,21?,22?/m0/s1. The molecule has 0 aromatic carbocycles. The molecule has 5 rings (SSSR count). The summed E-state index contributed by atoms with van der Waals surface area (Å²) < 4.78 is 19.4. The third-order valence-corrected chi connectivity index (χ3v) is 8.31. The van der Waals surface area contributed by atoms with Gasteiger partial charge in [-0.3, -0.25) is 9.59 Å². The van der Waals surface area contributed by atoms with Crippen LogP contribution < -0.4 is 16.0 Å². The Labute approximate surface area is 188 Å². The molecule has 0 aromatic heterocycles. The van der Waals surface area contributed by atoms with E-state index in [2.05, 4.69) is 16.0 Å². The first-order valence-corrected chi connectivity index (χ1v) is 12.2. The number of nitrogens with one attached hydrogen (secondary N) is 3. The van der Waals surface area contributed by atoms with Crippen LogP contribution in [0.2, 0.25) is 0 Å². The molecule has 5 fully saturated rings. The second-order valence-electron chi connectivity index (χ2n) is 9.97. The number of rotatable bonds is 6. The molecule has 5 aliphatic rings. The summed E-state index contributed by atoms with van der Waals surface area (Å²) in [5.74, 6) is -0.260. The topological polar surface area (TPSA) is 99.7 Å². The number of hydrogen-bond acceptors (Lipinski definition) is 5. The lowest BCUT2D eigenvalue weighted by atomic mass is 9.59. The number of alkyl halides is 2. The molecule has 4 N–H and O–H groups in total. The SMILES string of the molecule is O=C(COC1CCC(Cl)C(F)C1)NC12CCC(NC(=O)C3CCCCN3)(CC1)[C@@H](O)C2. The van der Waals surface area contributed by atoms with Crippen molar-refractivity contribution in [3.8, 4) is 0 Å². The number of fused-ring (bicyclic) bond motifs is 3. The minimum atomic E-state index is -1.10. The summed E-state index contributed by atoms with van der Waals surface area (Å²) in [6.07, 6.45) is 5.41. The van der Waals surface area contributed by atoms with E-state index in [-0.39, 0.29) is 37.0 Å². The summed E-state index contributed by atoms with van der Waals surface area (Å²) in [7, 11) is 0. The van der Waals surface area contributed by atoms with E-state index in [9.17, 15) is 19.1 Å². The fourth-order valence-electron chi connectivity index (χ4n) is 5.79.